The van der Waals surface area contributed by atoms with Crippen LogP contribution in [0.1, 0.15) is 11.4 Å². The van der Waals surface area contributed by atoms with Crippen LogP contribution in [0.5, 0.6) is 5.75 Å². The van der Waals surface area contributed by atoms with E-state index in [2.05, 4.69) is 26.8 Å². The third-order valence-corrected chi connectivity index (χ3v) is 4.66. The van der Waals surface area contributed by atoms with E-state index in [4.69, 9.17) is 4.74 Å². The van der Waals surface area contributed by atoms with Gasteiger partial charge in [0.2, 0.25) is 10.0 Å². The number of nitrogens with zero attached hydrogens (tertiary/aromatic N) is 1. The summed E-state index contributed by atoms with van der Waals surface area (Å²) in [5, 5.41) is 6.42. The Morgan fingerprint density at radius 1 is 1.29 bits per heavy atom. The Morgan fingerprint density at radius 3 is 2.67 bits per heavy atom. The first-order valence-electron chi connectivity index (χ1n) is 6.86. The van der Waals surface area contributed by atoms with Crippen LogP contribution in [0.15, 0.2) is 23.1 Å². The van der Waals surface area contributed by atoms with E-state index in [-0.39, 0.29) is 23.8 Å². The standard InChI is InChI=1S/C15H15F2N3O3S/c1-10-15(11(2)20-19-10)24(21,22)18-7-3-4-8-23-14-6-5-12(16)9-13(14)17/h5-6,9,18H,7-8H2,1-2H3,(H,19,20). The summed E-state index contributed by atoms with van der Waals surface area (Å²) in [7, 11) is -3.72. The van der Waals surface area contributed by atoms with E-state index < -0.39 is 21.7 Å². The van der Waals surface area contributed by atoms with Crippen LogP contribution in [0.2, 0.25) is 0 Å². The summed E-state index contributed by atoms with van der Waals surface area (Å²) in [6, 6.07) is 2.92. The summed E-state index contributed by atoms with van der Waals surface area (Å²) in [5.74, 6) is 3.43. The quantitative estimate of drug-likeness (QED) is 0.799. The summed E-state index contributed by atoms with van der Waals surface area (Å²) in [6.07, 6.45) is 0. The van der Waals surface area contributed by atoms with Gasteiger partial charge in [0.1, 0.15) is 17.3 Å². The minimum atomic E-state index is -3.72. The second-order valence-corrected chi connectivity index (χ2v) is 6.51. The summed E-state index contributed by atoms with van der Waals surface area (Å²) in [6.45, 7) is 2.88. The van der Waals surface area contributed by atoms with Gasteiger partial charge in [-0.1, -0.05) is 11.8 Å². The van der Waals surface area contributed by atoms with E-state index in [1.165, 1.54) is 0 Å². The molecule has 0 unspecified atom stereocenters. The van der Waals surface area contributed by atoms with Crippen LogP contribution < -0.4 is 9.46 Å². The van der Waals surface area contributed by atoms with Crippen LogP contribution in [0.4, 0.5) is 8.78 Å². The number of halogens is 2. The summed E-state index contributed by atoms with van der Waals surface area (Å²) < 4.78 is 57.6. The number of hydrogen-bond donors (Lipinski definition) is 2. The van der Waals surface area contributed by atoms with Gasteiger partial charge in [0, 0.05) is 6.07 Å². The van der Waals surface area contributed by atoms with Crippen LogP contribution in [-0.2, 0) is 10.0 Å². The van der Waals surface area contributed by atoms with Crippen LogP contribution in [0.3, 0.4) is 0 Å². The molecule has 1 aromatic heterocycles. The van der Waals surface area contributed by atoms with Gasteiger partial charge >= 0.3 is 0 Å². The highest BCUT2D eigenvalue weighted by Crippen LogP contribution is 2.17. The van der Waals surface area contributed by atoms with Gasteiger partial charge in [-0.05, 0) is 26.0 Å². The highest BCUT2D eigenvalue weighted by molar-refractivity contribution is 7.89. The van der Waals surface area contributed by atoms with E-state index in [1.807, 2.05) is 0 Å². The summed E-state index contributed by atoms with van der Waals surface area (Å²) in [4.78, 5) is 0.0916. The zero-order chi connectivity index (χ0) is 17.7. The third kappa shape index (κ3) is 4.31. The second kappa shape index (κ2) is 7.42. The number of nitrogens with one attached hydrogen (secondary N) is 2. The first-order valence-corrected chi connectivity index (χ1v) is 8.34. The van der Waals surface area contributed by atoms with Crippen molar-refractivity contribution in [2.24, 2.45) is 0 Å². The number of ether oxygens (including phenoxy) is 1. The van der Waals surface area contributed by atoms with Crippen molar-refractivity contribution in [2.45, 2.75) is 18.7 Å². The lowest BCUT2D eigenvalue weighted by Gasteiger charge is -2.04. The lowest BCUT2D eigenvalue weighted by molar-refractivity contribution is 0.346. The molecule has 6 nitrogen and oxygen atoms in total. The molecule has 0 atom stereocenters. The smallest absolute Gasteiger partial charge is 0.245 e. The number of hydrogen-bond acceptors (Lipinski definition) is 4. The topological polar surface area (TPSA) is 84.1 Å². The molecule has 24 heavy (non-hydrogen) atoms. The molecule has 2 aromatic rings. The number of rotatable bonds is 5. The monoisotopic (exact) mass is 355 g/mol. The van der Waals surface area contributed by atoms with Gasteiger partial charge < -0.3 is 4.74 Å². The SMILES string of the molecule is Cc1n[nH]c(C)c1S(=O)(=O)NCC#CCOc1ccc(F)cc1F. The maximum atomic E-state index is 13.3. The van der Waals surface area contributed by atoms with Crippen molar-refractivity contribution in [3.8, 4) is 17.6 Å². The number of aromatic amines is 1. The number of sulfonamides is 1. The number of aryl methyl sites for hydroxylation is 2. The van der Waals surface area contributed by atoms with Crippen molar-refractivity contribution < 1.29 is 21.9 Å². The fourth-order valence-electron chi connectivity index (χ4n) is 1.96. The lowest BCUT2D eigenvalue weighted by atomic mass is 10.3. The minimum Gasteiger partial charge on any atom is -0.478 e. The van der Waals surface area contributed by atoms with Crippen LogP contribution in [-0.4, -0.2) is 31.8 Å². The molecule has 0 aliphatic rings. The van der Waals surface area contributed by atoms with Gasteiger partial charge in [0.25, 0.3) is 0 Å². The first-order chi connectivity index (χ1) is 11.3. The average Bonchev–Trinajstić information content (AvgIpc) is 2.84. The number of aromatic nitrogens is 2. The molecule has 0 amide bonds. The Morgan fingerprint density at radius 2 is 2.04 bits per heavy atom. The maximum absolute atomic E-state index is 13.3. The molecule has 0 saturated carbocycles. The second-order valence-electron chi connectivity index (χ2n) is 4.80. The Balaban J connectivity index is 1.88. The van der Waals surface area contributed by atoms with Crippen LogP contribution in [0, 0.1) is 37.3 Å². The van der Waals surface area contributed by atoms with E-state index >= 15 is 0 Å². The molecular formula is C15H15F2N3O3S. The molecule has 0 aliphatic carbocycles. The highest BCUT2D eigenvalue weighted by atomic mass is 32.2. The fraction of sp³-hybridized carbons (Fsp3) is 0.267. The minimum absolute atomic E-state index is 0.0916. The van der Waals surface area contributed by atoms with Gasteiger partial charge in [-0.25, -0.2) is 17.2 Å². The van der Waals surface area contributed by atoms with Crippen molar-refractivity contribution in [3.63, 3.8) is 0 Å². The average molecular weight is 355 g/mol. The highest BCUT2D eigenvalue weighted by Gasteiger charge is 2.21. The molecule has 1 heterocycles. The van der Waals surface area contributed by atoms with Gasteiger partial charge in [0.15, 0.2) is 11.6 Å². The number of benzene rings is 1. The van der Waals surface area contributed by atoms with E-state index in [1.54, 1.807) is 13.8 Å². The first kappa shape index (κ1) is 17.9. The molecule has 2 N–H and O–H groups in total. The predicted molar refractivity (Wildman–Crippen MR) is 82.9 cm³/mol. The van der Waals surface area contributed by atoms with Crippen LogP contribution >= 0.6 is 0 Å². The molecule has 0 spiro atoms. The normalized spacial score (nSPS) is 11.0. The van der Waals surface area contributed by atoms with Crippen molar-refractivity contribution in [1.29, 1.82) is 0 Å². The molecule has 0 radical (unpaired) electrons. The molecule has 0 aliphatic heterocycles. The zero-order valence-electron chi connectivity index (χ0n) is 13.0. The van der Waals surface area contributed by atoms with E-state index in [0.717, 1.165) is 12.1 Å². The molecule has 2 rings (SSSR count). The molecule has 0 bridgehead atoms. The summed E-state index contributed by atoms with van der Waals surface area (Å²) in [5.41, 5.74) is 0.797. The maximum Gasteiger partial charge on any atom is 0.245 e. The number of H-pyrrole nitrogens is 1. The van der Waals surface area contributed by atoms with Crippen molar-refractivity contribution in [1.82, 2.24) is 14.9 Å². The van der Waals surface area contributed by atoms with E-state index in [0.29, 0.717) is 17.5 Å². The summed E-state index contributed by atoms with van der Waals surface area (Å²) >= 11 is 0. The van der Waals surface area contributed by atoms with E-state index in [9.17, 15) is 17.2 Å². The molecule has 1 aromatic carbocycles. The molecule has 0 saturated heterocycles. The Kier molecular flexibility index (Phi) is 5.54. The van der Waals surface area contributed by atoms with Crippen molar-refractivity contribution in [3.05, 3.63) is 41.2 Å². The predicted octanol–water partition coefficient (Wildman–Crippen LogP) is 1.67. The van der Waals surface area contributed by atoms with Gasteiger partial charge in [0.05, 0.1) is 17.9 Å². The fourth-order valence-corrected chi connectivity index (χ4v) is 3.25. The Hall–Kier alpha value is -2.44. The largest absolute Gasteiger partial charge is 0.478 e. The Bertz CT molecular complexity index is 879. The molecule has 9 heteroatoms. The molecular weight excluding hydrogens is 340 g/mol. The lowest BCUT2D eigenvalue weighted by Crippen LogP contribution is -2.25. The molecule has 0 fully saturated rings. The molecule has 128 valence electrons. The van der Waals surface area contributed by atoms with Crippen molar-refractivity contribution >= 4 is 10.0 Å². The van der Waals surface area contributed by atoms with Gasteiger partial charge in [-0.15, -0.1) is 0 Å². The van der Waals surface area contributed by atoms with Gasteiger partial charge in [-0.3, -0.25) is 5.10 Å². The van der Waals surface area contributed by atoms with Crippen LogP contribution in [0.25, 0.3) is 0 Å². The third-order valence-electron chi connectivity index (χ3n) is 3.00. The zero-order valence-corrected chi connectivity index (χ0v) is 13.8. The Labute approximate surface area is 138 Å². The van der Waals surface area contributed by atoms with Gasteiger partial charge in [-0.2, -0.15) is 9.82 Å². The van der Waals surface area contributed by atoms with Crippen molar-refractivity contribution in [2.75, 3.05) is 13.2 Å².